The monoisotopic (exact) mass is 260 g/mol. The SMILES string of the molecule is COC(=O)C(C)N(CCCN)C(=O)OC(C)(C)C. The minimum Gasteiger partial charge on any atom is -0.467 e. The smallest absolute Gasteiger partial charge is 0.411 e. The van der Waals surface area contributed by atoms with Crippen molar-refractivity contribution < 1.29 is 19.1 Å². The zero-order valence-electron chi connectivity index (χ0n) is 11.9. The molecular formula is C12H24N2O4. The highest BCUT2D eigenvalue weighted by molar-refractivity contribution is 5.81. The van der Waals surface area contributed by atoms with Crippen molar-refractivity contribution >= 4 is 12.1 Å². The predicted octanol–water partition coefficient (Wildman–Crippen LogP) is 1.13. The number of hydrogen-bond donors (Lipinski definition) is 1. The molecule has 0 aliphatic carbocycles. The van der Waals surface area contributed by atoms with E-state index in [9.17, 15) is 9.59 Å². The zero-order chi connectivity index (χ0) is 14.3. The van der Waals surface area contributed by atoms with Crippen LogP contribution < -0.4 is 5.73 Å². The molecule has 6 nitrogen and oxygen atoms in total. The molecule has 0 heterocycles. The first-order chi connectivity index (χ1) is 8.22. The van der Waals surface area contributed by atoms with Gasteiger partial charge in [-0.2, -0.15) is 0 Å². The van der Waals surface area contributed by atoms with E-state index in [-0.39, 0.29) is 0 Å². The van der Waals surface area contributed by atoms with Crippen molar-refractivity contribution in [2.75, 3.05) is 20.2 Å². The van der Waals surface area contributed by atoms with Gasteiger partial charge in [-0.1, -0.05) is 0 Å². The number of nitrogens with zero attached hydrogens (tertiary/aromatic N) is 1. The van der Waals surface area contributed by atoms with Gasteiger partial charge in [0.15, 0.2) is 0 Å². The molecule has 0 aromatic heterocycles. The van der Waals surface area contributed by atoms with E-state index in [4.69, 9.17) is 10.5 Å². The minimum absolute atomic E-state index is 0.363. The summed E-state index contributed by atoms with van der Waals surface area (Å²) in [5.41, 5.74) is 4.81. The van der Waals surface area contributed by atoms with Gasteiger partial charge in [-0.15, -0.1) is 0 Å². The number of carbonyl (C=O) groups excluding carboxylic acids is 2. The maximum Gasteiger partial charge on any atom is 0.411 e. The van der Waals surface area contributed by atoms with Gasteiger partial charge in [-0.3, -0.25) is 4.90 Å². The molecule has 0 saturated heterocycles. The number of rotatable bonds is 5. The largest absolute Gasteiger partial charge is 0.467 e. The van der Waals surface area contributed by atoms with Gasteiger partial charge in [0.1, 0.15) is 11.6 Å². The van der Waals surface area contributed by atoms with Crippen LogP contribution in [0.3, 0.4) is 0 Å². The Morgan fingerprint density at radius 1 is 1.33 bits per heavy atom. The summed E-state index contributed by atoms with van der Waals surface area (Å²) in [6.07, 6.45) is 0.0643. The fraction of sp³-hybridized carbons (Fsp3) is 0.833. The summed E-state index contributed by atoms with van der Waals surface area (Å²) in [4.78, 5) is 24.8. The summed E-state index contributed by atoms with van der Waals surface area (Å²) in [7, 11) is 1.29. The normalized spacial score (nSPS) is 12.8. The van der Waals surface area contributed by atoms with Crippen LogP contribution in [0.15, 0.2) is 0 Å². The summed E-state index contributed by atoms with van der Waals surface area (Å²) >= 11 is 0. The second-order valence-electron chi connectivity index (χ2n) is 5.02. The van der Waals surface area contributed by atoms with Gasteiger partial charge in [-0.05, 0) is 40.7 Å². The van der Waals surface area contributed by atoms with Crippen LogP contribution in [-0.4, -0.2) is 48.8 Å². The molecule has 0 bridgehead atoms. The summed E-state index contributed by atoms with van der Waals surface area (Å²) in [6, 6.07) is -0.684. The number of hydrogen-bond acceptors (Lipinski definition) is 5. The number of amides is 1. The minimum atomic E-state index is -0.684. The van der Waals surface area contributed by atoms with Crippen molar-refractivity contribution in [3.8, 4) is 0 Å². The Labute approximate surface area is 108 Å². The van der Waals surface area contributed by atoms with E-state index >= 15 is 0 Å². The Balaban J connectivity index is 4.76. The lowest BCUT2D eigenvalue weighted by atomic mass is 10.2. The highest BCUT2D eigenvalue weighted by atomic mass is 16.6. The third-order valence-electron chi connectivity index (χ3n) is 2.24. The Morgan fingerprint density at radius 2 is 1.89 bits per heavy atom. The van der Waals surface area contributed by atoms with E-state index in [0.717, 1.165) is 0 Å². The molecule has 1 atom stereocenters. The van der Waals surface area contributed by atoms with E-state index in [2.05, 4.69) is 4.74 Å². The van der Waals surface area contributed by atoms with Gasteiger partial charge in [0.05, 0.1) is 7.11 Å². The molecule has 6 heteroatoms. The van der Waals surface area contributed by atoms with Gasteiger partial charge in [0.25, 0.3) is 0 Å². The standard InChI is InChI=1S/C12H24N2O4/c1-9(10(15)17-5)14(8-6-7-13)11(16)18-12(2,3)4/h9H,6-8,13H2,1-5H3. The molecule has 106 valence electrons. The number of methoxy groups -OCH3 is 1. The second-order valence-corrected chi connectivity index (χ2v) is 5.02. The van der Waals surface area contributed by atoms with Crippen molar-refractivity contribution in [3.05, 3.63) is 0 Å². The molecule has 1 unspecified atom stereocenters. The van der Waals surface area contributed by atoms with Crippen LogP contribution in [0.4, 0.5) is 4.79 Å². The van der Waals surface area contributed by atoms with Gasteiger partial charge >= 0.3 is 12.1 Å². The van der Waals surface area contributed by atoms with E-state index in [0.29, 0.717) is 19.5 Å². The van der Waals surface area contributed by atoms with Crippen LogP contribution in [-0.2, 0) is 14.3 Å². The number of ether oxygens (including phenoxy) is 2. The predicted molar refractivity (Wildman–Crippen MR) is 68.1 cm³/mol. The lowest BCUT2D eigenvalue weighted by Gasteiger charge is -2.30. The summed E-state index contributed by atoms with van der Waals surface area (Å²) in [5, 5.41) is 0. The van der Waals surface area contributed by atoms with Crippen molar-refractivity contribution in [3.63, 3.8) is 0 Å². The van der Waals surface area contributed by atoms with Crippen LogP contribution in [0.5, 0.6) is 0 Å². The van der Waals surface area contributed by atoms with Crippen LogP contribution in [0.25, 0.3) is 0 Å². The molecule has 0 aliphatic heterocycles. The van der Waals surface area contributed by atoms with E-state index < -0.39 is 23.7 Å². The van der Waals surface area contributed by atoms with Gasteiger partial charge in [-0.25, -0.2) is 9.59 Å². The van der Waals surface area contributed by atoms with Crippen LogP contribution >= 0.6 is 0 Å². The average molecular weight is 260 g/mol. The molecule has 0 aromatic rings. The summed E-state index contributed by atoms with van der Waals surface area (Å²) in [5.74, 6) is -0.474. The molecule has 1 amide bonds. The summed E-state index contributed by atoms with van der Waals surface area (Å²) in [6.45, 7) is 7.72. The highest BCUT2D eigenvalue weighted by Crippen LogP contribution is 2.13. The highest BCUT2D eigenvalue weighted by Gasteiger charge is 2.29. The maximum absolute atomic E-state index is 12.0. The molecule has 0 radical (unpaired) electrons. The Morgan fingerprint density at radius 3 is 2.28 bits per heavy atom. The van der Waals surface area contributed by atoms with E-state index in [1.807, 2.05) is 0 Å². The molecule has 2 N–H and O–H groups in total. The van der Waals surface area contributed by atoms with Crippen LogP contribution in [0.1, 0.15) is 34.1 Å². The number of nitrogens with two attached hydrogens (primary N) is 1. The first kappa shape index (κ1) is 16.7. The molecule has 0 fully saturated rings. The number of carbonyl (C=O) groups is 2. The van der Waals surface area contributed by atoms with Gasteiger partial charge in [0, 0.05) is 6.54 Å². The molecule has 0 saturated carbocycles. The fourth-order valence-electron chi connectivity index (χ4n) is 1.32. The van der Waals surface area contributed by atoms with Gasteiger partial charge < -0.3 is 15.2 Å². The molecule has 0 aromatic carbocycles. The lowest BCUT2D eigenvalue weighted by molar-refractivity contribution is -0.146. The van der Waals surface area contributed by atoms with Crippen molar-refractivity contribution in [1.82, 2.24) is 4.90 Å². The zero-order valence-corrected chi connectivity index (χ0v) is 11.9. The maximum atomic E-state index is 12.0. The van der Waals surface area contributed by atoms with Crippen molar-refractivity contribution in [2.24, 2.45) is 5.73 Å². The van der Waals surface area contributed by atoms with Crippen LogP contribution in [0, 0.1) is 0 Å². The lowest BCUT2D eigenvalue weighted by Crippen LogP contribution is -2.46. The Bertz CT molecular complexity index is 286. The average Bonchev–Trinajstić information content (AvgIpc) is 2.25. The third kappa shape index (κ3) is 5.86. The van der Waals surface area contributed by atoms with Crippen molar-refractivity contribution in [2.45, 2.75) is 45.8 Å². The summed E-state index contributed by atoms with van der Waals surface area (Å²) < 4.78 is 9.88. The Kier molecular flexibility index (Phi) is 6.68. The first-order valence-electron chi connectivity index (χ1n) is 6.00. The second kappa shape index (κ2) is 7.20. The Hall–Kier alpha value is -1.30. The molecule has 18 heavy (non-hydrogen) atoms. The fourth-order valence-corrected chi connectivity index (χ4v) is 1.32. The van der Waals surface area contributed by atoms with E-state index in [1.165, 1.54) is 12.0 Å². The quantitative estimate of drug-likeness (QED) is 0.749. The molecule has 0 spiro atoms. The third-order valence-corrected chi connectivity index (χ3v) is 2.24. The molecule has 0 aliphatic rings. The van der Waals surface area contributed by atoms with Gasteiger partial charge in [0.2, 0.25) is 0 Å². The van der Waals surface area contributed by atoms with E-state index in [1.54, 1.807) is 27.7 Å². The first-order valence-corrected chi connectivity index (χ1v) is 6.00. The topological polar surface area (TPSA) is 81.9 Å². The molecular weight excluding hydrogens is 236 g/mol. The van der Waals surface area contributed by atoms with Crippen LogP contribution in [0.2, 0.25) is 0 Å². The van der Waals surface area contributed by atoms with Crippen molar-refractivity contribution in [1.29, 1.82) is 0 Å². The number of esters is 1. The molecule has 0 rings (SSSR count).